The molecule has 9 heteroatoms. The lowest BCUT2D eigenvalue weighted by atomic mass is 10.1. The number of cyclic esters (lactones) is 1. The lowest BCUT2D eigenvalue weighted by molar-refractivity contribution is -0.385. The van der Waals surface area contributed by atoms with Crippen molar-refractivity contribution < 1.29 is 19.2 Å². The van der Waals surface area contributed by atoms with E-state index < -0.39 is 4.92 Å². The number of nitro groups is 1. The molecule has 1 fully saturated rings. The van der Waals surface area contributed by atoms with Crippen LogP contribution in [-0.2, 0) is 11.2 Å². The van der Waals surface area contributed by atoms with Gasteiger partial charge >= 0.3 is 6.09 Å². The third-order valence-corrected chi connectivity index (χ3v) is 5.13. The summed E-state index contributed by atoms with van der Waals surface area (Å²) in [6, 6.07) is 18.1. The number of likely N-dealkylation sites (N-methyl/N-ethyl adjacent to an activating group) is 1. The molecular formula is C23H22N4O5. The number of rotatable bonds is 8. The summed E-state index contributed by atoms with van der Waals surface area (Å²) < 4.78 is 11.0. The number of amides is 1. The van der Waals surface area contributed by atoms with E-state index in [2.05, 4.69) is 10.3 Å². The van der Waals surface area contributed by atoms with Crippen molar-refractivity contribution in [3.8, 4) is 11.5 Å². The maximum Gasteiger partial charge on any atom is 0.410 e. The van der Waals surface area contributed by atoms with E-state index in [0.717, 1.165) is 17.7 Å². The summed E-state index contributed by atoms with van der Waals surface area (Å²) >= 11 is 0. The highest BCUT2D eigenvalue weighted by Gasteiger charge is 2.31. The number of benzene rings is 2. The molecule has 1 N–H and O–H groups in total. The zero-order chi connectivity index (χ0) is 22.5. The molecule has 0 radical (unpaired) electrons. The molecule has 0 bridgehead atoms. The van der Waals surface area contributed by atoms with E-state index in [1.165, 1.54) is 12.3 Å². The van der Waals surface area contributed by atoms with Gasteiger partial charge in [0.2, 0.25) is 0 Å². The van der Waals surface area contributed by atoms with Gasteiger partial charge in [0, 0.05) is 18.3 Å². The highest BCUT2D eigenvalue weighted by atomic mass is 16.6. The van der Waals surface area contributed by atoms with Crippen LogP contribution in [0.2, 0.25) is 0 Å². The lowest BCUT2D eigenvalue weighted by Crippen LogP contribution is -2.34. The minimum atomic E-state index is -0.487. The average Bonchev–Trinajstić information content (AvgIpc) is 3.15. The number of carbonyl (C=O) groups excluding carboxylic acids is 1. The molecule has 0 saturated carbocycles. The molecule has 1 atom stereocenters. The van der Waals surface area contributed by atoms with Gasteiger partial charge < -0.3 is 19.7 Å². The summed E-state index contributed by atoms with van der Waals surface area (Å²) in [7, 11) is 0. The third-order valence-electron chi connectivity index (χ3n) is 5.13. The molecule has 9 nitrogen and oxygen atoms in total. The van der Waals surface area contributed by atoms with Gasteiger partial charge in [0.05, 0.1) is 11.0 Å². The molecule has 4 rings (SSSR count). The molecular weight excluding hydrogens is 412 g/mol. The zero-order valence-corrected chi connectivity index (χ0v) is 17.4. The normalized spacial score (nSPS) is 15.3. The van der Waals surface area contributed by atoms with E-state index in [0.29, 0.717) is 30.5 Å². The van der Waals surface area contributed by atoms with E-state index in [-0.39, 0.29) is 17.8 Å². The van der Waals surface area contributed by atoms with E-state index >= 15 is 0 Å². The van der Waals surface area contributed by atoms with Crippen LogP contribution in [0.25, 0.3) is 0 Å². The Morgan fingerprint density at radius 1 is 1.12 bits per heavy atom. The van der Waals surface area contributed by atoms with Gasteiger partial charge in [-0.05, 0) is 61.4 Å². The van der Waals surface area contributed by atoms with Crippen molar-refractivity contribution in [2.24, 2.45) is 0 Å². The van der Waals surface area contributed by atoms with Gasteiger partial charge in [0.1, 0.15) is 30.1 Å². The van der Waals surface area contributed by atoms with E-state index in [1.807, 2.05) is 55.5 Å². The number of ether oxygens (including phenoxy) is 2. The average molecular weight is 434 g/mol. The number of hydrogen-bond acceptors (Lipinski definition) is 7. The quantitative estimate of drug-likeness (QED) is 0.396. The predicted molar refractivity (Wildman–Crippen MR) is 118 cm³/mol. The van der Waals surface area contributed by atoms with Gasteiger partial charge in [0.15, 0.2) is 0 Å². The minimum absolute atomic E-state index is 0.0573. The minimum Gasteiger partial charge on any atom is -0.457 e. The molecule has 32 heavy (non-hydrogen) atoms. The Morgan fingerprint density at radius 3 is 2.41 bits per heavy atom. The van der Waals surface area contributed by atoms with Gasteiger partial charge in [-0.1, -0.05) is 12.1 Å². The summed E-state index contributed by atoms with van der Waals surface area (Å²) in [6.07, 6.45) is 1.69. The molecule has 1 saturated heterocycles. The fourth-order valence-electron chi connectivity index (χ4n) is 3.47. The summed E-state index contributed by atoms with van der Waals surface area (Å²) in [5.41, 5.74) is 1.83. The number of carbonyl (C=O) groups is 1. The van der Waals surface area contributed by atoms with Gasteiger partial charge in [-0.3, -0.25) is 10.1 Å². The molecule has 2 aromatic carbocycles. The first-order valence-corrected chi connectivity index (χ1v) is 10.2. The third kappa shape index (κ3) is 4.94. The number of nitrogens with one attached hydrogen (secondary N) is 1. The first-order valence-electron chi connectivity index (χ1n) is 10.2. The molecule has 2 heterocycles. The smallest absolute Gasteiger partial charge is 0.410 e. The van der Waals surface area contributed by atoms with Crippen molar-refractivity contribution in [3.05, 3.63) is 82.5 Å². The van der Waals surface area contributed by atoms with Crippen LogP contribution in [0.5, 0.6) is 11.5 Å². The second kappa shape index (κ2) is 9.34. The Balaban J connectivity index is 1.33. The molecule has 1 aromatic heterocycles. The Bertz CT molecular complexity index is 1080. The number of pyridine rings is 1. The van der Waals surface area contributed by atoms with Crippen LogP contribution in [-0.4, -0.2) is 40.1 Å². The Morgan fingerprint density at radius 2 is 1.81 bits per heavy atom. The van der Waals surface area contributed by atoms with Crippen molar-refractivity contribution in [2.75, 3.05) is 18.5 Å². The standard InChI is InChI=1S/C23H22N4O5/c1-2-26-19(15-31-23(26)28)13-16-3-8-20(9-4-16)32-21-10-5-17(6-11-21)25-22-12-7-18(14-24-22)27(29)30/h3-12,14,19H,2,13,15H2,1H3,(H,24,25). The Kier molecular flexibility index (Phi) is 6.16. The molecule has 1 unspecified atom stereocenters. The monoisotopic (exact) mass is 434 g/mol. The summed E-state index contributed by atoms with van der Waals surface area (Å²) in [6.45, 7) is 3.00. The van der Waals surface area contributed by atoms with Crippen LogP contribution in [0.1, 0.15) is 12.5 Å². The van der Waals surface area contributed by atoms with Crippen molar-refractivity contribution in [3.63, 3.8) is 0 Å². The van der Waals surface area contributed by atoms with E-state index in [9.17, 15) is 14.9 Å². The van der Waals surface area contributed by atoms with Crippen molar-refractivity contribution in [1.82, 2.24) is 9.88 Å². The van der Waals surface area contributed by atoms with Crippen LogP contribution in [0, 0.1) is 10.1 Å². The van der Waals surface area contributed by atoms with Gasteiger partial charge in [-0.25, -0.2) is 9.78 Å². The molecule has 164 valence electrons. The molecule has 0 aliphatic carbocycles. The van der Waals surface area contributed by atoms with Crippen LogP contribution in [0.4, 0.5) is 22.0 Å². The van der Waals surface area contributed by atoms with Crippen LogP contribution < -0.4 is 10.1 Å². The number of hydrogen-bond donors (Lipinski definition) is 1. The van der Waals surface area contributed by atoms with Gasteiger partial charge in [-0.15, -0.1) is 0 Å². The summed E-state index contributed by atoms with van der Waals surface area (Å²) in [5, 5.41) is 13.8. The topological polar surface area (TPSA) is 107 Å². The highest BCUT2D eigenvalue weighted by molar-refractivity contribution is 5.70. The second-order valence-corrected chi connectivity index (χ2v) is 7.28. The van der Waals surface area contributed by atoms with E-state index in [4.69, 9.17) is 9.47 Å². The molecule has 3 aromatic rings. The zero-order valence-electron chi connectivity index (χ0n) is 17.4. The second-order valence-electron chi connectivity index (χ2n) is 7.28. The molecule has 1 aliphatic heterocycles. The van der Waals surface area contributed by atoms with Crippen molar-refractivity contribution in [2.45, 2.75) is 19.4 Å². The maximum atomic E-state index is 11.7. The number of anilines is 2. The first-order chi connectivity index (χ1) is 15.5. The maximum absolute atomic E-state index is 11.7. The summed E-state index contributed by atoms with van der Waals surface area (Å²) in [5.74, 6) is 1.89. The largest absolute Gasteiger partial charge is 0.457 e. The first kappa shape index (κ1) is 21.1. The van der Waals surface area contributed by atoms with Gasteiger partial charge in [0.25, 0.3) is 5.69 Å². The predicted octanol–water partition coefficient (Wildman–Crippen LogP) is 4.91. The summed E-state index contributed by atoms with van der Waals surface area (Å²) in [4.78, 5) is 27.7. The highest BCUT2D eigenvalue weighted by Crippen LogP contribution is 2.26. The van der Waals surface area contributed by atoms with Crippen LogP contribution in [0.3, 0.4) is 0 Å². The van der Waals surface area contributed by atoms with Crippen LogP contribution >= 0.6 is 0 Å². The Hall–Kier alpha value is -4.14. The number of aromatic nitrogens is 1. The number of nitrogens with zero attached hydrogens (tertiary/aromatic N) is 3. The van der Waals surface area contributed by atoms with Crippen molar-refractivity contribution in [1.29, 1.82) is 0 Å². The van der Waals surface area contributed by atoms with Gasteiger partial charge in [-0.2, -0.15) is 0 Å². The fraction of sp³-hybridized carbons (Fsp3) is 0.217. The Labute approximate surface area is 184 Å². The molecule has 0 spiro atoms. The fourth-order valence-corrected chi connectivity index (χ4v) is 3.47. The lowest BCUT2D eigenvalue weighted by Gasteiger charge is -2.19. The molecule has 1 amide bonds. The van der Waals surface area contributed by atoms with E-state index in [1.54, 1.807) is 11.0 Å². The van der Waals surface area contributed by atoms with Crippen molar-refractivity contribution >= 4 is 23.3 Å². The SMILES string of the molecule is CCN1C(=O)OCC1Cc1ccc(Oc2ccc(Nc3ccc([N+](=O)[O-])cn3)cc2)cc1. The van der Waals surface area contributed by atoms with Crippen LogP contribution in [0.15, 0.2) is 66.9 Å². The molecule has 1 aliphatic rings.